The average Bonchev–Trinajstić information content (AvgIpc) is 2.85. The monoisotopic (exact) mass is 551 g/mol. The molecule has 2 saturated heterocycles. The number of amides is 1. The van der Waals surface area contributed by atoms with Gasteiger partial charge < -0.3 is 5.32 Å². The van der Waals surface area contributed by atoms with Gasteiger partial charge in [-0.25, -0.2) is 25.5 Å². The summed E-state index contributed by atoms with van der Waals surface area (Å²) in [6, 6.07) is 13.6. The molecule has 1 N–H and O–H groups in total. The van der Waals surface area contributed by atoms with Gasteiger partial charge in [-0.2, -0.15) is 4.31 Å². The molecule has 2 aliphatic rings. The lowest BCUT2D eigenvalue weighted by molar-refractivity contribution is -0.120. The molecule has 2 atom stereocenters. The van der Waals surface area contributed by atoms with Crippen LogP contribution in [0.25, 0.3) is 0 Å². The minimum atomic E-state index is -3.64. The van der Waals surface area contributed by atoms with Crippen molar-refractivity contribution in [2.75, 3.05) is 24.7 Å². The van der Waals surface area contributed by atoms with Gasteiger partial charge in [0.25, 0.3) is 0 Å². The van der Waals surface area contributed by atoms with Gasteiger partial charge in [0.05, 0.1) is 11.5 Å². The summed E-state index contributed by atoms with van der Waals surface area (Å²) in [4.78, 5) is 12.7. The number of rotatable bonds is 7. The van der Waals surface area contributed by atoms with Crippen molar-refractivity contribution in [2.24, 2.45) is 5.92 Å². The van der Waals surface area contributed by atoms with E-state index in [2.05, 4.69) is 5.32 Å². The van der Waals surface area contributed by atoms with Gasteiger partial charge in [0, 0.05) is 42.8 Å². The van der Waals surface area contributed by atoms with E-state index in [1.165, 1.54) is 20.7 Å². The van der Waals surface area contributed by atoms with Crippen LogP contribution in [0, 0.1) is 11.7 Å². The molecule has 8 nitrogen and oxygen atoms in total. The molecule has 0 aliphatic carbocycles. The third kappa shape index (κ3) is 6.57. The second kappa shape index (κ2) is 11.2. The van der Waals surface area contributed by atoms with Crippen molar-refractivity contribution >= 4 is 31.6 Å². The largest absolute Gasteiger partial charge is 0.326 e. The number of carbonyl (C=O) groups is 1. The molecule has 0 saturated carbocycles. The van der Waals surface area contributed by atoms with Crippen molar-refractivity contribution in [1.29, 1.82) is 0 Å². The van der Waals surface area contributed by atoms with Crippen LogP contribution in [0.4, 0.5) is 10.1 Å². The molecule has 2 heterocycles. The number of nitrogens with zero attached hydrogens (tertiary/aromatic N) is 2. The van der Waals surface area contributed by atoms with E-state index in [4.69, 9.17) is 0 Å². The molecule has 2 fully saturated rings. The summed E-state index contributed by atoms with van der Waals surface area (Å²) in [5.41, 5.74) is 1.49. The zero-order valence-corrected chi connectivity index (χ0v) is 22.8. The summed E-state index contributed by atoms with van der Waals surface area (Å²) in [5.74, 6) is -1.23. The number of carbonyl (C=O) groups excluding carboxylic acids is 1. The first kappa shape index (κ1) is 27.7. The molecule has 2 aromatic rings. The van der Waals surface area contributed by atoms with Gasteiger partial charge >= 0.3 is 0 Å². The molecule has 0 spiro atoms. The summed E-state index contributed by atoms with van der Waals surface area (Å²) in [5, 5.41) is 2.16. The van der Waals surface area contributed by atoms with Crippen molar-refractivity contribution in [2.45, 2.75) is 56.9 Å². The predicted octanol–water partition coefficient (Wildman–Crippen LogP) is 3.36. The third-order valence-corrected chi connectivity index (χ3v) is 11.1. The zero-order valence-electron chi connectivity index (χ0n) is 21.1. The van der Waals surface area contributed by atoms with Gasteiger partial charge in [0.2, 0.25) is 26.0 Å². The number of anilines is 1. The predicted molar refractivity (Wildman–Crippen MR) is 141 cm³/mol. The van der Waals surface area contributed by atoms with Gasteiger partial charge in [0.15, 0.2) is 0 Å². The fourth-order valence-electron chi connectivity index (χ4n) is 5.11. The zero-order chi connectivity index (χ0) is 26.8. The Balaban J connectivity index is 1.41. The lowest BCUT2D eigenvalue weighted by Crippen LogP contribution is -2.48. The Morgan fingerprint density at radius 3 is 2.35 bits per heavy atom. The van der Waals surface area contributed by atoms with Crippen LogP contribution in [0.15, 0.2) is 48.5 Å². The van der Waals surface area contributed by atoms with Crippen LogP contribution in [0.3, 0.4) is 0 Å². The molecule has 0 bridgehead atoms. The molecular formula is C26H34FN3O5S2. The van der Waals surface area contributed by atoms with Crippen molar-refractivity contribution < 1.29 is 26.0 Å². The standard InChI is InChI=1S/C26H34FN3O5S2/c1-19-8-11-24(16-20-6-4-3-5-7-20)37(34,35)30(19)18-22-9-10-23(17-25(22)27)28-26(31)21-12-14-29(15-13-21)36(2,32)33/h3-7,9-10,17,19,21,24H,8,11-16,18H2,1-2H3,(H,28,31). The highest BCUT2D eigenvalue weighted by Crippen LogP contribution is 2.31. The first-order valence-electron chi connectivity index (χ1n) is 12.5. The quantitative estimate of drug-likeness (QED) is 0.568. The topological polar surface area (TPSA) is 104 Å². The maximum absolute atomic E-state index is 15.1. The van der Waals surface area contributed by atoms with E-state index in [0.717, 1.165) is 11.8 Å². The van der Waals surface area contributed by atoms with Gasteiger partial charge in [-0.1, -0.05) is 36.4 Å². The number of sulfonamides is 2. The van der Waals surface area contributed by atoms with Gasteiger partial charge in [-0.05, 0) is 56.7 Å². The van der Waals surface area contributed by atoms with E-state index >= 15 is 4.39 Å². The first-order valence-corrected chi connectivity index (χ1v) is 15.9. The van der Waals surface area contributed by atoms with Gasteiger partial charge in [-0.15, -0.1) is 0 Å². The fraction of sp³-hybridized carbons (Fsp3) is 0.500. The van der Waals surface area contributed by atoms with Crippen LogP contribution in [-0.4, -0.2) is 62.0 Å². The smallest absolute Gasteiger partial charge is 0.227 e. The molecule has 202 valence electrons. The number of hydrogen-bond acceptors (Lipinski definition) is 5. The van der Waals surface area contributed by atoms with Gasteiger partial charge in [-0.3, -0.25) is 4.79 Å². The molecule has 0 radical (unpaired) electrons. The summed E-state index contributed by atoms with van der Waals surface area (Å²) in [6.45, 7) is 2.33. The van der Waals surface area contributed by atoms with E-state index in [-0.39, 0.29) is 48.8 Å². The van der Waals surface area contributed by atoms with Crippen LogP contribution in [0.1, 0.15) is 43.7 Å². The lowest BCUT2D eigenvalue weighted by Gasteiger charge is -2.37. The highest BCUT2D eigenvalue weighted by molar-refractivity contribution is 7.89. The lowest BCUT2D eigenvalue weighted by atomic mass is 9.97. The SMILES string of the molecule is CC1CCC(Cc2ccccc2)S(=O)(=O)N1Cc1ccc(NC(=O)C2CCN(S(C)(=O)=O)CC2)cc1F. The molecule has 1 amide bonds. The Kier molecular flexibility index (Phi) is 8.37. The maximum Gasteiger partial charge on any atom is 0.227 e. The first-order chi connectivity index (χ1) is 17.4. The van der Waals surface area contributed by atoms with E-state index in [0.29, 0.717) is 32.1 Å². The van der Waals surface area contributed by atoms with E-state index in [1.54, 1.807) is 6.07 Å². The molecule has 2 unspecified atom stereocenters. The summed E-state index contributed by atoms with van der Waals surface area (Å²) >= 11 is 0. The third-order valence-electron chi connectivity index (χ3n) is 7.39. The molecular weight excluding hydrogens is 517 g/mol. The molecule has 37 heavy (non-hydrogen) atoms. The normalized spacial score (nSPS) is 23.5. The van der Waals surface area contributed by atoms with Crippen LogP contribution in [0.2, 0.25) is 0 Å². The fourth-order valence-corrected chi connectivity index (χ4v) is 8.13. The van der Waals surface area contributed by atoms with E-state index < -0.39 is 31.1 Å². The van der Waals surface area contributed by atoms with E-state index in [9.17, 15) is 21.6 Å². The highest BCUT2D eigenvalue weighted by Gasteiger charge is 2.40. The van der Waals surface area contributed by atoms with Crippen molar-refractivity contribution in [1.82, 2.24) is 8.61 Å². The van der Waals surface area contributed by atoms with Crippen molar-refractivity contribution in [3.8, 4) is 0 Å². The Morgan fingerprint density at radius 1 is 1.05 bits per heavy atom. The van der Waals surface area contributed by atoms with Crippen LogP contribution >= 0.6 is 0 Å². The molecule has 0 aromatic heterocycles. The summed E-state index contributed by atoms with van der Waals surface area (Å²) in [7, 11) is -6.92. The second-order valence-electron chi connectivity index (χ2n) is 10.1. The summed E-state index contributed by atoms with van der Waals surface area (Å²) < 4.78 is 68.0. The van der Waals surface area contributed by atoms with Crippen LogP contribution < -0.4 is 5.32 Å². The Labute approximate surface area is 219 Å². The number of nitrogens with one attached hydrogen (secondary N) is 1. The number of piperidine rings is 1. The molecule has 2 aromatic carbocycles. The Morgan fingerprint density at radius 2 is 1.73 bits per heavy atom. The number of halogens is 1. The minimum absolute atomic E-state index is 0.0706. The molecule has 11 heteroatoms. The summed E-state index contributed by atoms with van der Waals surface area (Å²) in [6.07, 6.45) is 3.62. The molecule has 4 rings (SSSR count). The highest BCUT2D eigenvalue weighted by atomic mass is 32.2. The van der Waals surface area contributed by atoms with Crippen molar-refractivity contribution in [3.63, 3.8) is 0 Å². The Bertz CT molecular complexity index is 1330. The number of hydrogen-bond donors (Lipinski definition) is 1. The van der Waals surface area contributed by atoms with E-state index in [1.807, 2.05) is 37.3 Å². The molecule has 2 aliphatic heterocycles. The average molecular weight is 552 g/mol. The van der Waals surface area contributed by atoms with Gasteiger partial charge in [0.1, 0.15) is 5.82 Å². The van der Waals surface area contributed by atoms with Crippen LogP contribution in [0.5, 0.6) is 0 Å². The van der Waals surface area contributed by atoms with Crippen molar-refractivity contribution in [3.05, 3.63) is 65.5 Å². The Hall–Kier alpha value is -2.34. The van der Waals surface area contributed by atoms with Crippen LogP contribution in [-0.2, 0) is 37.8 Å². The number of benzene rings is 2. The second-order valence-corrected chi connectivity index (χ2v) is 14.2. The maximum atomic E-state index is 15.1. The minimum Gasteiger partial charge on any atom is -0.326 e.